The van der Waals surface area contributed by atoms with E-state index in [0.717, 1.165) is 11.1 Å². The molecule has 3 nitrogen and oxygen atoms in total. The molecule has 0 radical (unpaired) electrons. The standard InChI is InChI=1S/C11H15ClO3S/c1-7(2)15-11-9(4)5-8(3)6-10(11)16(12,13)14/h5-7H,1-4H3. The SMILES string of the molecule is Cc1cc(C)c(OC(C)C)c(S(=O)(=O)Cl)c1. The number of hydrogen-bond donors (Lipinski definition) is 0. The lowest BCUT2D eigenvalue weighted by molar-refractivity contribution is 0.234. The van der Waals surface area contributed by atoms with Crippen molar-refractivity contribution in [3.05, 3.63) is 23.3 Å². The summed E-state index contributed by atoms with van der Waals surface area (Å²) in [6.45, 7) is 7.29. The normalized spacial score (nSPS) is 11.9. The molecule has 16 heavy (non-hydrogen) atoms. The van der Waals surface area contributed by atoms with Crippen molar-refractivity contribution in [2.45, 2.75) is 38.7 Å². The van der Waals surface area contributed by atoms with Crippen LogP contribution in [0.3, 0.4) is 0 Å². The van der Waals surface area contributed by atoms with Crippen molar-refractivity contribution in [2.75, 3.05) is 0 Å². The minimum Gasteiger partial charge on any atom is -0.489 e. The van der Waals surface area contributed by atoms with Gasteiger partial charge in [-0.1, -0.05) is 6.07 Å². The second-order valence-electron chi connectivity index (χ2n) is 4.01. The maximum absolute atomic E-state index is 11.4. The lowest BCUT2D eigenvalue weighted by Gasteiger charge is -2.15. The molecule has 0 unspecified atom stereocenters. The Labute approximate surface area is 101 Å². The Morgan fingerprint density at radius 2 is 1.81 bits per heavy atom. The monoisotopic (exact) mass is 262 g/mol. The molecule has 1 aromatic carbocycles. The number of ether oxygens (including phenoxy) is 1. The van der Waals surface area contributed by atoms with Crippen molar-refractivity contribution >= 4 is 19.7 Å². The van der Waals surface area contributed by atoms with Crippen molar-refractivity contribution in [2.24, 2.45) is 0 Å². The highest BCUT2D eigenvalue weighted by Gasteiger charge is 2.20. The molecule has 0 spiro atoms. The molecule has 0 aliphatic heterocycles. The van der Waals surface area contributed by atoms with E-state index in [-0.39, 0.29) is 11.0 Å². The second-order valence-corrected chi connectivity index (χ2v) is 6.55. The quantitative estimate of drug-likeness (QED) is 0.787. The van der Waals surface area contributed by atoms with Crippen LogP contribution in [-0.2, 0) is 9.05 Å². The molecule has 0 atom stereocenters. The van der Waals surface area contributed by atoms with Crippen LogP contribution >= 0.6 is 10.7 Å². The fourth-order valence-electron chi connectivity index (χ4n) is 1.48. The van der Waals surface area contributed by atoms with E-state index in [1.54, 1.807) is 6.92 Å². The lowest BCUT2D eigenvalue weighted by atomic mass is 10.1. The van der Waals surface area contributed by atoms with Gasteiger partial charge in [0.15, 0.2) is 0 Å². The molecular formula is C11H15ClO3S. The predicted octanol–water partition coefficient (Wildman–Crippen LogP) is 3.02. The van der Waals surface area contributed by atoms with Crippen LogP contribution in [-0.4, -0.2) is 14.5 Å². The van der Waals surface area contributed by atoms with E-state index in [0.29, 0.717) is 5.75 Å². The third kappa shape index (κ3) is 3.12. The maximum atomic E-state index is 11.4. The van der Waals surface area contributed by atoms with E-state index in [4.69, 9.17) is 15.4 Å². The van der Waals surface area contributed by atoms with Crippen LogP contribution in [0.4, 0.5) is 0 Å². The topological polar surface area (TPSA) is 43.4 Å². The lowest BCUT2D eigenvalue weighted by Crippen LogP contribution is -2.10. The number of aryl methyl sites for hydroxylation is 2. The average Bonchev–Trinajstić information content (AvgIpc) is 2.06. The molecule has 0 saturated carbocycles. The van der Waals surface area contributed by atoms with Crippen molar-refractivity contribution in [1.29, 1.82) is 0 Å². The Morgan fingerprint density at radius 1 is 1.25 bits per heavy atom. The molecular weight excluding hydrogens is 248 g/mol. The van der Waals surface area contributed by atoms with E-state index in [1.807, 2.05) is 26.8 Å². The van der Waals surface area contributed by atoms with Crippen LogP contribution in [0.1, 0.15) is 25.0 Å². The van der Waals surface area contributed by atoms with E-state index < -0.39 is 9.05 Å². The highest BCUT2D eigenvalue weighted by Crippen LogP contribution is 2.32. The molecule has 0 bridgehead atoms. The first-order valence-electron chi connectivity index (χ1n) is 4.94. The van der Waals surface area contributed by atoms with Crippen LogP contribution in [0.2, 0.25) is 0 Å². The average molecular weight is 263 g/mol. The van der Waals surface area contributed by atoms with Gasteiger partial charge < -0.3 is 4.74 Å². The van der Waals surface area contributed by atoms with Gasteiger partial charge in [-0.15, -0.1) is 0 Å². The summed E-state index contributed by atoms with van der Waals surface area (Å²) in [5, 5.41) is 0. The largest absolute Gasteiger partial charge is 0.489 e. The molecule has 0 saturated heterocycles. The van der Waals surface area contributed by atoms with Crippen LogP contribution in [0, 0.1) is 13.8 Å². The van der Waals surface area contributed by atoms with Gasteiger partial charge in [0.2, 0.25) is 0 Å². The molecule has 0 amide bonds. The third-order valence-corrected chi connectivity index (χ3v) is 3.33. The number of hydrogen-bond acceptors (Lipinski definition) is 3. The number of halogens is 1. The Balaban J connectivity index is 3.45. The van der Waals surface area contributed by atoms with Gasteiger partial charge in [-0.25, -0.2) is 8.42 Å². The molecule has 0 fully saturated rings. The van der Waals surface area contributed by atoms with Gasteiger partial charge in [-0.2, -0.15) is 0 Å². The summed E-state index contributed by atoms with van der Waals surface area (Å²) in [4.78, 5) is 0.0420. The zero-order valence-corrected chi connectivity index (χ0v) is 11.3. The van der Waals surface area contributed by atoms with Crippen LogP contribution in [0.5, 0.6) is 5.75 Å². The van der Waals surface area contributed by atoms with Crippen molar-refractivity contribution in [3.63, 3.8) is 0 Å². The predicted molar refractivity (Wildman–Crippen MR) is 64.7 cm³/mol. The molecule has 0 aliphatic rings. The van der Waals surface area contributed by atoms with Crippen LogP contribution in [0.25, 0.3) is 0 Å². The van der Waals surface area contributed by atoms with Gasteiger partial charge in [0.1, 0.15) is 10.6 Å². The Morgan fingerprint density at radius 3 is 2.25 bits per heavy atom. The van der Waals surface area contributed by atoms with E-state index in [2.05, 4.69) is 0 Å². The molecule has 90 valence electrons. The van der Waals surface area contributed by atoms with Crippen molar-refractivity contribution in [3.8, 4) is 5.75 Å². The van der Waals surface area contributed by atoms with Gasteiger partial charge >= 0.3 is 0 Å². The Kier molecular flexibility index (Phi) is 3.86. The smallest absolute Gasteiger partial charge is 0.265 e. The first-order chi connectivity index (χ1) is 7.21. The van der Waals surface area contributed by atoms with Gasteiger partial charge in [-0.05, 0) is 44.9 Å². The van der Waals surface area contributed by atoms with Gasteiger partial charge in [0.05, 0.1) is 6.10 Å². The molecule has 0 heterocycles. The fraction of sp³-hybridized carbons (Fsp3) is 0.455. The van der Waals surface area contributed by atoms with Crippen molar-refractivity contribution in [1.82, 2.24) is 0 Å². The van der Waals surface area contributed by atoms with E-state index >= 15 is 0 Å². The fourth-order valence-corrected chi connectivity index (χ4v) is 2.58. The second kappa shape index (κ2) is 4.63. The van der Waals surface area contributed by atoms with E-state index in [9.17, 15) is 8.42 Å². The summed E-state index contributed by atoms with van der Waals surface area (Å²) in [6, 6.07) is 3.39. The zero-order valence-electron chi connectivity index (χ0n) is 9.74. The molecule has 0 N–H and O–H groups in total. The molecule has 1 aromatic rings. The summed E-state index contributed by atoms with van der Waals surface area (Å²) in [5.41, 5.74) is 1.61. The summed E-state index contributed by atoms with van der Waals surface area (Å²) in [7, 11) is 1.61. The first-order valence-corrected chi connectivity index (χ1v) is 7.25. The molecule has 5 heteroatoms. The summed E-state index contributed by atoms with van der Waals surface area (Å²) >= 11 is 0. The minimum atomic E-state index is -3.78. The summed E-state index contributed by atoms with van der Waals surface area (Å²) < 4.78 is 28.3. The van der Waals surface area contributed by atoms with E-state index in [1.165, 1.54) is 6.07 Å². The van der Waals surface area contributed by atoms with Crippen LogP contribution in [0.15, 0.2) is 17.0 Å². The van der Waals surface area contributed by atoms with Gasteiger partial charge in [0, 0.05) is 10.7 Å². The molecule has 0 aliphatic carbocycles. The van der Waals surface area contributed by atoms with Gasteiger partial charge in [-0.3, -0.25) is 0 Å². The number of rotatable bonds is 3. The third-order valence-electron chi connectivity index (χ3n) is 2.00. The highest BCUT2D eigenvalue weighted by atomic mass is 35.7. The zero-order chi connectivity index (χ0) is 12.5. The maximum Gasteiger partial charge on any atom is 0.265 e. The highest BCUT2D eigenvalue weighted by molar-refractivity contribution is 8.13. The minimum absolute atomic E-state index is 0.0420. The molecule has 0 aromatic heterocycles. The summed E-state index contributed by atoms with van der Waals surface area (Å²) in [6.07, 6.45) is -0.0985. The summed E-state index contributed by atoms with van der Waals surface area (Å²) in [5.74, 6) is 0.343. The Bertz CT molecular complexity index is 492. The Hall–Kier alpha value is -0.740. The number of benzene rings is 1. The van der Waals surface area contributed by atoms with Crippen LogP contribution < -0.4 is 4.74 Å². The first kappa shape index (κ1) is 13.3. The van der Waals surface area contributed by atoms with Crippen molar-refractivity contribution < 1.29 is 13.2 Å². The van der Waals surface area contributed by atoms with Gasteiger partial charge in [0.25, 0.3) is 9.05 Å². The molecule has 1 rings (SSSR count).